The lowest BCUT2D eigenvalue weighted by molar-refractivity contribution is -0.116. The molecule has 0 unspecified atom stereocenters. The number of imide groups is 1. The van der Waals surface area contributed by atoms with Crippen LogP contribution in [0.25, 0.3) is 5.69 Å². The minimum Gasteiger partial charge on any atom is -0.309 e. The van der Waals surface area contributed by atoms with Gasteiger partial charge in [0, 0.05) is 5.56 Å². The topological polar surface area (TPSA) is 118 Å². The van der Waals surface area contributed by atoms with Gasteiger partial charge in [-0.25, -0.2) is 13.1 Å². The van der Waals surface area contributed by atoms with Crippen molar-refractivity contribution in [1.29, 1.82) is 0 Å². The molecule has 0 aliphatic carbocycles. The van der Waals surface area contributed by atoms with Gasteiger partial charge in [-0.05, 0) is 30.7 Å². The number of aryl methyl sites for hydroxylation is 1. The average molecular weight is 450 g/mol. The van der Waals surface area contributed by atoms with E-state index in [0.717, 1.165) is 10.5 Å². The summed E-state index contributed by atoms with van der Waals surface area (Å²) in [6.07, 6.45) is 0. The van der Waals surface area contributed by atoms with Crippen molar-refractivity contribution < 1.29 is 22.8 Å². The Morgan fingerprint density at radius 2 is 1.62 bits per heavy atom. The highest BCUT2D eigenvalue weighted by Crippen LogP contribution is 2.33. The lowest BCUT2D eigenvalue weighted by Gasteiger charge is -2.16. The van der Waals surface area contributed by atoms with Crippen LogP contribution in [-0.2, 0) is 26.1 Å². The summed E-state index contributed by atoms with van der Waals surface area (Å²) in [7, 11) is -3.35. The summed E-state index contributed by atoms with van der Waals surface area (Å²) < 4.78 is 25.8. The molecule has 0 atom stereocenters. The number of benzene rings is 2. The van der Waals surface area contributed by atoms with E-state index < -0.39 is 34.1 Å². The standard InChI is InChI=1S/C22H18N4O5S/c1-13-6-2-5-9-18(13)26-20(16-11-32(30,31)12-17(16)24-26)23-19(27)10-25-21(28)14-7-3-4-8-15(14)22(25)29/h2-9H,10-12H2,1H3,(H,23,27). The molecule has 162 valence electrons. The van der Waals surface area contributed by atoms with E-state index in [4.69, 9.17) is 0 Å². The molecule has 0 saturated heterocycles. The van der Waals surface area contributed by atoms with Crippen molar-refractivity contribution in [3.05, 3.63) is 76.5 Å². The van der Waals surface area contributed by atoms with Crippen molar-refractivity contribution in [1.82, 2.24) is 14.7 Å². The number of anilines is 1. The third-order valence-electron chi connectivity index (χ3n) is 5.57. The maximum absolute atomic E-state index is 12.9. The number of nitrogens with zero attached hydrogens (tertiary/aromatic N) is 3. The Hall–Kier alpha value is -3.79. The molecular formula is C22H18N4O5S. The minimum absolute atomic E-state index is 0.206. The summed E-state index contributed by atoms with van der Waals surface area (Å²) in [5, 5.41) is 7.14. The van der Waals surface area contributed by atoms with E-state index >= 15 is 0 Å². The number of aromatic nitrogens is 2. The molecule has 3 amide bonds. The fourth-order valence-electron chi connectivity index (χ4n) is 4.04. The fourth-order valence-corrected chi connectivity index (χ4v) is 5.54. The van der Waals surface area contributed by atoms with Crippen LogP contribution in [-0.4, -0.2) is 47.4 Å². The van der Waals surface area contributed by atoms with E-state index in [2.05, 4.69) is 10.4 Å². The molecule has 0 saturated carbocycles. The second-order valence-electron chi connectivity index (χ2n) is 7.79. The van der Waals surface area contributed by atoms with Gasteiger partial charge in [0.25, 0.3) is 11.8 Å². The van der Waals surface area contributed by atoms with E-state index in [9.17, 15) is 22.8 Å². The van der Waals surface area contributed by atoms with Crippen molar-refractivity contribution in [3.8, 4) is 5.69 Å². The number of sulfone groups is 1. The zero-order chi connectivity index (χ0) is 22.6. The fraction of sp³-hybridized carbons (Fsp3) is 0.182. The van der Waals surface area contributed by atoms with Crippen LogP contribution < -0.4 is 5.32 Å². The van der Waals surface area contributed by atoms with Crippen LogP contribution in [0, 0.1) is 6.92 Å². The summed E-state index contributed by atoms with van der Waals surface area (Å²) in [6, 6.07) is 13.7. The minimum atomic E-state index is -3.35. The molecule has 9 nitrogen and oxygen atoms in total. The van der Waals surface area contributed by atoms with Gasteiger partial charge >= 0.3 is 0 Å². The first-order chi connectivity index (χ1) is 15.2. The molecule has 2 aliphatic rings. The third kappa shape index (κ3) is 3.19. The van der Waals surface area contributed by atoms with Gasteiger partial charge in [-0.15, -0.1) is 0 Å². The first-order valence-electron chi connectivity index (χ1n) is 9.87. The Kier molecular flexibility index (Phi) is 4.48. The molecule has 1 aromatic heterocycles. The van der Waals surface area contributed by atoms with Crippen molar-refractivity contribution in [2.24, 2.45) is 0 Å². The Morgan fingerprint density at radius 1 is 1.00 bits per heavy atom. The van der Waals surface area contributed by atoms with Crippen LogP contribution in [0.4, 0.5) is 5.82 Å². The quantitative estimate of drug-likeness (QED) is 0.606. The highest BCUT2D eigenvalue weighted by atomic mass is 32.2. The lowest BCUT2D eigenvalue weighted by atomic mass is 10.1. The van der Waals surface area contributed by atoms with Crippen molar-refractivity contribution in [2.45, 2.75) is 18.4 Å². The Balaban J connectivity index is 1.47. The van der Waals surface area contributed by atoms with Crippen LogP contribution in [0.2, 0.25) is 0 Å². The first-order valence-corrected chi connectivity index (χ1v) is 11.7. The number of carbonyl (C=O) groups excluding carboxylic acids is 3. The van der Waals surface area contributed by atoms with Crippen LogP contribution in [0.3, 0.4) is 0 Å². The smallest absolute Gasteiger partial charge is 0.262 e. The summed E-state index contributed by atoms with van der Waals surface area (Å²) in [6.45, 7) is 1.39. The highest BCUT2D eigenvalue weighted by Gasteiger charge is 2.37. The maximum atomic E-state index is 12.9. The zero-order valence-corrected chi connectivity index (χ0v) is 17.8. The molecule has 5 rings (SSSR count). The number of fused-ring (bicyclic) bond motifs is 2. The number of hydrogen-bond acceptors (Lipinski definition) is 6. The van der Waals surface area contributed by atoms with E-state index in [0.29, 0.717) is 16.9 Å². The normalized spacial score (nSPS) is 16.2. The molecule has 2 aromatic carbocycles. The molecule has 10 heteroatoms. The molecule has 1 N–H and O–H groups in total. The van der Waals surface area contributed by atoms with Crippen LogP contribution in [0.15, 0.2) is 48.5 Å². The Morgan fingerprint density at radius 3 is 2.28 bits per heavy atom. The molecule has 3 aromatic rings. The van der Waals surface area contributed by atoms with Gasteiger partial charge in [-0.1, -0.05) is 30.3 Å². The number of rotatable bonds is 4. The van der Waals surface area contributed by atoms with Gasteiger partial charge in [-0.2, -0.15) is 5.10 Å². The van der Waals surface area contributed by atoms with Gasteiger partial charge in [0.05, 0.1) is 34.0 Å². The third-order valence-corrected chi connectivity index (χ3v) is 7.01. The van der Waals surface area contributed by atoms with E-state index in [1.165, 1.54) is 4.68 Å². The van der Waals surface area contributed by atoms with Crippen molar-refractivity contribution in [2.75, 3.05) is 11.9 Å². The molecular weight excluding hydrogens is 432 g/mol. The van der Waals surface area contributed by atoms with E-state index in [1.54, 1.807) is 24.3 Å². The Bertz CT molecular complexity index is 1390. The molecule has 2 aliphatic heterocycles. The number of amides is 3. The van der Waals surface area contributed by atoms with Gasteiger partial charge in [0.1, 0.15) is 12.4 Å². The van der Waals surface area contributed by atoms with Crippen molar-refractivity contribution in [3.63, 3.8) is 0 Å². The highest BCUT2D eigenvalue weighted by molar-refractivity contribution is 7.90. The molecule has 0 radical (unpaired) electrons. The summed E-state index contributed by atoms with van der Waals surface area (Å²) >= 11 is 0. The monoisotopic (exact) mass is 450 g/mol. The van der Waals surface area contributed by atoms with Crippen LogP contribution in [0.1, 0.15) is 37.5 Å². The second-order valence-corrected chi connectivity index (χ2v) is 9.86. The first kappa shape index (κ1) is 20.1. The molecule has 0 bridgehead atoms. The van der Waals surface area contributed by atoms with Gasteiger partial charge < -0.3 is 5.32 Å². The lowest BCUT2D eigenvalue weighted by Crippen LogP contribution is -2.37. The molecule has 3 heterocycles. The van der Waals surface area contributed by atoms with E-state index in [1.807, 2.05) is 31.2 Å². The van der Waals surface area contributed by atoms with Gasteiger partial charge in [0.15, 0.2) is 9.84 Å². The van der Waals surface area contributed by atoms with Crippen LogP contribution >= 0.6 is 0 Å². The summed E-state index contributed by atoms with van der Waals surface area (Å²) in [5.41, 5.74) is 2.88. The SMILES string of the molecule is Cc1ccccc1-n1nc2c(c1NC(=O)CN1C(=O)c3ccccc3C1=O)CS(=O)(=O)C2. The zero-order valence-electron chi connectivity index (χ0n) is 17.0. The number of carbonyl (C=O) groups is 3. The predicted molar refractivity (Wildman–Crippen MR) is 115 cm³/mol. The van der Waals surface area contributed by atoms with Gasteiger partial charge in [-0.3, -0.25) is 19.3 Å². The second kappa shape index (κ2) is 7.13. The van der Waals surface area contributed by atoms with Gasteiger partial charge in [0.2, 0.25) is 5.91 Å². The molecule has 32 heavy (non-hydrogen) atoms. The number of hydrogen-bond donors (Lipinski definition) is 1. The summed E-state index contributed by atoms with van der Waals surface area (Å²) in [4.78, 5) is 38.9. The average Bonchev–Trinajstić information content (AvgIpc) is 3.31. The van der Waals surface area contributed by atoms with Crippen LogP contribution in [0.5, 0.6) is 0 Å². The van der Waals surface area contributed by atoms with Crippen molar-refractivity contribution >= 4 is 33.4 Å². The summed E-state index contributed by atoms with van der Waals surface area (Å²) in [5.74, 6) is -1.92. The van der Waals surface area contributed by atoms with E-state index in [-0.39, 0.29) is 28.5 Å². The molecule has 0 spiro atoms. The molecule has 0 fully saturated rings. The maximum Gasteiger partial charge on any atom is 0.262 e. The number of para-hydroxylation sites is 1. The largest absolute Gasteiger partial charge is 0.309 e. The Labute approximate surface area is 183 Å². The number of nitrogens with one attached hydrogen (secondary N) is 1. The predicted octanol–water partition coefficient (Wildman–Crippen LogP) is 1.84.